The van der Waals surface area contributed by atoms with Crippen LogP contribution in [0.3, 0.4) is 0 Å². The lowest BCUT2D eigenvalue weighted by Crippen LogP contribution is -2.64. The number of nitrogens with one attached hydrogen (secondary N) is 1. The summed E-state index contributed by atoms with van der Waals surface area (Å²) in [6.45, 7) is -0.761. The molecule has 1 unspecified atom stereocenters. The minimum absolute atomic E-state index is 0.267. The standard InChI is InChI=1S/C12H15BF4N4O3/c1-18-10(22)7-2-3-8(9(14)19-7)21-5-4-20(6-13(23)24)12(16,17)11(21)15/h2-3,11,23-24H,4-6H2,1H3,(H,18,22). The Kier molecular flexibility index (Phi) is 5.30. The number of anilines is 1. The van der Waals surface area contributed by atoms with Gasteiger partial charge in [0.15, 0.2) is 0 Å². The molecule has 1 aliphatic rings. The van der Waals surface area contributed by atoms with E-state index in [2.05, 4.69) is 10.3 Å². The van der Waals surface area contributed by atoms with Crippen molar-refractivity contribution in [2.24, 2.45) is 0 Å². The molecular formula is C12H15BF4N4O3. The third kappa shape index (κ3) is 3.44. The summed E-state index contributed by atoms with van der Waals surface area (Å²) in [7, 11) is -0.747. The molecule has 3 N–H and O–H groups in total. The van der Waals surface area contributed by atoms with Gasteiger partial charge in [0.2, 0.25) is 5.95 Å². The van der Waals surface area contributed by atoms with Crippen molar-refractivity contribution in [1.82, 2.24) is 15.2 Å². The highest BCUT2D eigenvalue weighted by molar-refractivity contribution is 6.41. The van der Waals surface area contributed by atoms with Crippen LogP contribution in [0, 0.1) is 5.95 Å². The molecule has 2 rings (SSSR count). The molecule has 1 atom stereocenters. The maximum Gasteiger partial charge on any atom is 0.466 e. The quantitative estimate of drug-likeness (QED) is 0.297. The topological polar surface area (TPSA) is 88.9 Å². The lowest BCUT2D eigenvalue weighted by atomic mass is 9.90. The number of piperazine rings is 1. The van der Waals surface area contributed by atoms with Gasteiger partial charge in [-0.3, -0.25) is 4.79 Å². The first-order chi connectivity index (χ1) is 11.2. The number of rotatable bonds is 4. The van der Waals surface area contributed by atoms with Crippen molar-refractivity contribution >= 4 is 18.7 Å². The van der Waals surface area contributed by atoms with Crippen LogP contribution in [-0.2, 0) is 0 Å². The SMILES string of the molecule is CNC(=O)c1ccc(N2CCN(CB(O)O)C(F)(F)C2F)c(F)n1. The molecule has 0 saturated carbocycles. The largest absolute Gasteiger partial charge is 0.466 e. The summed E-state index contributed by atoms with van der Waals surface area (Å²) in [4.78, 5) is 15.5. The molecule has 0 spiro atoms. The van der Waals surface area contributed by atoms with Gasteiger partial charge in [-0.2, -0.15) is 13.2 Å². The fraction of sp³-hybridized carbons (Fsp3) is 0.500. The van der Waals surface area contributed by atoms with Crippen molar-refractivity contribution < 1.29 is 32.4 Å². The number of pyridine rings is 1. The molecule has 24 heavy (non-hydrogen) atoms. The first-order valence-electron chi connectivity index (χ1n) is 6.96. The summed E-state index contributed by atoms with van der Waals surface area (Å²) < 4.78 is 56.3. The Balaban J connectivity index is 2.26. The monoisotopic (exact) mass is 350 g/mol. The second-order valence-corrected chi connectivity index (χ2v) is 5.13. The Morgan fingerprint density at radius 2 is 2.12 bits per heavy atom. The molecule has 1 amide bonds. The van der Waals surface area contributed by atoms with Gasteiger partial charge in [-0.25, -0.2) is 14.3 Å². The van der Waals surface area contributed by atoms with Crippen LogP contribution in [0.4, 0.5) is 23.2 Å². The van der Waals surface area contributed by atoms with Crippen LogP contribution in [-0.4, -0.2) is 71.9 Å². The summed E-state index contributed by atoms with van der Waals surface area (Å²) in [5, 5.41) is 19.8. The van der Waals surface area contributed by atoms with Crippen molar-refractivity contribution in [2.45, 2.75) is 12.3 Å². The fourth-order valence-corrected chi connectivity index (χ4v) is 2.38. The number of hydrogen-bond donors (Lipinski definition) is 3. The molecule has 1 saturated heterocycles. The number of halogens is 4. The van der Waals surface area contributed by atoms with Crippen LogP contribution in [0.1, 0.15) is 10.5 Å². The number of aromatic nitrogens is 1. The van der Waals surface area contributed by atoms with E-state index in [1.807, 2.05) is 0 Å². The maximum atomic E-state index is 14.2. The zero-order valence-corrected chi connectivity index (χ0v) is 12.6. The van der Waals surface area contributed by atoms with Crippen LogP contribution in [0.25, 0.3) is 0 Å². The van der Waals surface area contributed by atoms with E-state index in [-0.39, 0.29) is 17.1 Å². The van der Waals surface area contributed by atoms with Gasteiger partial charge >= 0.3 is 13.2 Å². The average molecular weight is 350 g/mol. The van der Waals surface area contributed by atoms with Crippen molar-refractivity contribution in [3.05, 3.63) is 23.8 Å². The maximum absolute atomic E-state index is 14.2. The van der Waals surface area contributed by atoms with Crippen LogP contribution in [0.5, 0.6) is 0 Å². The van der Waals surface area contributed by atoms with E-state index in [0.29, 0.717) is 4.90 Å². The van der Waals surface area contributed by atoms with E-state index in [0.717, 1.165) is 12.1 Å². The zero-order chi connectivity index (χ0) is 18.1. The van der Waals surface area contributed by atoms with E-state index in [1.54, 1.807) is 0 Å². The predicted octanol–water partition coefficient (Wildman–Crippen LogP) is -0.397. The molecule has 0 radical (unpaired) electrons. The Morgan fingerprint density at radius 1 is 1.46 bits per heavy atom. The van der Waals surface area contributed by atoms with E-state index >= 15 is 0 Å². The highest BCUT2D eigenvalue weighted by Gasteiger charge is 2.53. The number of carbonyl (C=O) groups is 1. The molecule has 132 valence electrons. The zero-order valence-electron chi connectivity index (χ0n) is 12.6. The van der Waals surface area contributed by atoms with Crippen LogP contribution in [0.15, 0.2) is 12.1 Å². The third-order valence-electron chi connectivity index (χ3n) is 3.57. The second kappa shape index (κ2) is 6.91. The lowest BCUT2D eigenvalue weighted by Gasteiger charge is -2.44. The molecule has 1 aliphatic heterocycles. The highest BCUT2D eigenvalue weighted by Crippen LogP contribution is 2.35. The van der Waals surface area contributed by atoms with Crippen molar-refractivity contribution in [3.8, 4) is 0 Å². The Labute approximate surface area is 135 Å². The number of carbonyl (C=O) groups excluding carboxylic acids is 1. The number of alkyl halides is 3. The molecule has 1 aromatic rings. The minimum Gasteiger partial charge on any atom is -0.426 e. The number of hydrogen-bond acceptors (Lipinski definition) is 6. The Morgan fingerprint density at radius 3 is 2.67 bits per heavy atom. The summed E-state index contributed by atoms with van der Waals surface area (Å²) in [5.74, 6) is -1.94. The summed E-state index contributed by atoms with van der Waals surface area (Å²) in [6, 6.07) is -1.98. The van der Waals surface area contributed by atoms with Gasteiger partial charge in [-0.15, -0.1) is 0 Å². The molecule has 12 heteroatoms. The predicted molar refractivity (Wildman–Crippen MR) is 76.5 cm³/mol. The van der Waals surface area contributed by atoms with Crippen molar-refractivity contribution in [1.29, 1.82) is 0 Å². The average Bonchev–Trinajstić information content (AvgIpc) is 2.52. The molecular weight excluding hydrogens is 335 g/mol. The van der Waals surface area contributed by atoms with E-state index < -0.39 is 50.0 Å². The molecule has 0 bridgehead atoms. The van der Waals surface area contributed by atoms with Gasteiger partial charge in [0.05, 0.1) is 5.69 Å². The van der Waals surface area contributed by atoms with Gasteiger partial charge in [0.25, 0.3) is 12.2 Å². The summed E-state index contributed by atoms with van der Waals surface area (Å²) in [5.41, 5.74) is -0.790. The first-order valence-corrected chi connectivity index (χ1v) is 6.96. The smallest absolute Gasteiger partial charge is 0.426 e. The normalized spacial score (nSPS) is 20.8. The van der Waals surface area contributed by atoms with Gasteiger partial charge < -0.3 is 20.3 Å². The third-order valence-corrected chi connectivity index (χ3v) is 3.57. The van der Waals surface area contributed by atoms with Crippen molar-refractivity contribution in [2.75, 3.05) is 31.5 Å². The van der Waals surface area contributed by atoms with Gasteiger partial charge in [-0.1, -0.05) is 0 Å². The summed E-state index contributed by atoms with van der Waals surface area (Å²) in [6.07, 6.45) is -3.77. The molecule has 1 aromatic heterocycles. The highest BCUT2D eigenvalue weighted by atomic mass is 19.3. The fourth-order valence-electron chi connectivity index (χ4n) is 2.38. The first kappa shape index (κ1) is 18.4. The molecule has 1 fully saturated rings. The van der Waals surface area contributed by atoms with Gasteiger partial charge in [-0.05, 0) is 12.1 Å². The van der Waals surface area contributed by atoms with Gasteiger partial charge in [0.1, 0.15) is 5.69 Å². The Bertz CT molecular complexity index is 622. The lowest BCUT2D eigenvalue weighted by molar-refractivity contribution is -0.200. The van der Waals surface area contributed by atoms with E-state index in [9.17, 15) is 22.4 Å². The van der Waals surface area contributed by atoms with Gasteiger partial charge in [0, 0.05) is 26.6 Å². The molecule has 0 aliphatic carbocycles. The number of nitrogens with zero attached hydrogens (tertiary/aromatic N) is 3. The molecule has 0 aromatic carbocycles. The molecule has 2 heterocycles. The number of amides is 1. The van der Waals surface area contributed by atoms with E-state index in [1.165, 1.54) is 7.05 Å². The van der Waals surface area contributed by atoms with Crippen molar-refractivity contribution in [3.63, 3.8) is 0 Å². The van der Waals surface area contributed by atoms with E-state index in [4.69, 9.17) is 10.0 Å². The van der Waals surface area contributed by atoms with Crippen LogP contribution >= 0.6 is 0 Å². The molecule has 7 nitrogen and oxygen atoms in total. The second-order valence-electron chi connectivity index (χ2n) is 5.13. The Hall–Kier alpha value is -1.92. The van der Waals surface area contributed by atoms with Crippen LogP contribution in [0.2, 0.25) is 0 Å². The van der Waals surface area contributed by atoms with Crippen LogP contribution < -0.4 is 10.2 Å². The summed E-state index contributed by atoms with van der Waals surface area (Å²) >= 11 is 0. The minimum atomic E-state index is -4.06.